The predicted molar refractivity (Wildman–Crippen MR) is 77.3 cm³/mol. The van der Waals surface area contributed by atoms with Crippen LogP contribution in [-0.4, -0.2) is 5.97 Å². The molecule has 0 aliphatic heterocycles. The first-order valence-corrected chi connectivity index (χ1v) is 6.51. The van der Waals surface area contributed by atoms with Gasteiger partial charge in [0, 0.05) is 16.0 Å². The second kappa shape index (κ2) is 6.77. The summed E-state index contributed by atoms with van der Waals surface area (Å²) in [5.41, 5.74) is 1.72. The zero-order valence-electron chi connectivity index (χ0n) is 10.1. The van der Waals surface area contributed by atoms with E-state index in [1.54, 1.807) is 0 Å². The van der Waals surface area contributed by atoms with E-state index in [2.05, 4.69) is 27.8 Å². The molecule has 0 aromatic heterocycles. The molecule has 0 fully saturated rings. The summed E-state index contributed by atoms with van der Waals surface area (Å²) in [5.74, 6) is 4.70. The molecule has 0 heterocycles. The minimum atomic E-state index is -0.522. The average Bonchev–Trinajstić information content (AvgIpc) is 2.45. The Morgan fingerprint density at radius 2 is 1.74 bits per heavy atom. The minimum Gasteiger partial charge on any atom is -0.451 e. The van der Waals surface area contributed by atoms with Crippen molar-refractivity contribution in [3.05, 3.63) is 70.2 Å². The Kier molecular flexibility index (Phi) is 4.77. The average molecular weight is 315 g/mol. The molecule has 0 spiro atoms. The highest BCUT2D eigenvalue weighted by molar-refractivity contribution is 9.10. The third-order valence-corrected chi connectivity index (χ3v) is 2.89. The van der Waals surface area contributed by atoms with Crippen LogP contribution in [0, 0.1) is 11.8 Å². The maximum absolute atomic E-state index is 11.5. The summed E-state index contributed by atoms with van der Waals surface area (Å²) in [7, 11) is 0. The van der Waals surface area contributed by atoms with Crippen molar-refractivity contribution in [2.75, 3.05) is 0 Å². The van der Waals surface area contributed by atoms with Gasteiger partial charge in [0.15, 0.2) is 0 Å². The van der Waals surface area contributed by atoms with E-state index in [4.69, 9.17) is 4.74 Å². The van der Waals surface area contributed by atoms with Crippen molar-refractivity contribution in [2.45, 2.75) is 6.61 Å². The molecular formula is C16H11BrO2. The Hall–Kier alpha value is -2.05. The van der Waals surface area contributed by atoms with Crippen molar-refractivity contribution >= 4 is 21.9 Å². The fourth-order valence-electron chi connectivity index (χ4n) is 1.42. The fraction of sp³-hybridized carbons (Fsp3) is 0.0625. The predicted octanol–water partition coefficient (Wildman–Crippen LogP) is 3.54. The number of carbonyl (C=O) groups excluding carboxylic acids is 1. The molecule has 2 rings (SSSR count). The Bertz CT molecular complexity index is 607. The zero-order chi connectivity index (χ0) is 13.5. The van der Waals surface area contributed by atoms with E-state index < -0.39 is 5.97 Å². The van der Waals surface area contributed by atoms with Gasteiger partial charge in [-0.05, 0) is 29.8 Å². The normalized spacial score (nSPS) is 9.32. The topological polar surface area (TPSA) is 26.3 Å². The van der Waals surface area contributed by atoms with Gasteiger partial charge in [-0.2, -0.15) is 0 Å². The lowest BCUT2D eigenvalue weighted by atomic mass is 10.2. The molecule has 0 atom stereocenters. The summed E-state index contributed by atoms with van der Waals surface area (Å²) in [6.07, 6.45) is 0. The van der Waals surface area contributed by atoms with Crippen molar-refractivity contribution in [1.29, 1.82) is 0 Å². The number of rotatable bonds is 2. The molecule has 94 valence electrons. The molecule has 3 heteroatoms. The van der Waals surface area contributed by atoms with E-state index in [1.165, 1.54) is 0 Å². The van der Waals surface area contributed by atoms with E-state index >= 15 is 0 Å². The van der Waals surface area contributed by atoms with E-state index in [-0.39, 0.29) is 6.61 Å². The third kappa shape index (κ3) is 4.61. The number of ether oxygens (including phenoxy) is 1. The monoisotopic (exact) mass is 314 g/mol. The molecule has 0 amide bonds. The maximum Gasteiger partial charge on any atom is 0.385 e. The largest absolute Gasteiger partial charge is 0.451 e. The molecule has 0 saturated heterocycles. The van der Waals surface area contributed by atoms with Gasteiger partial charge in [0.2, 0.25) is 0 Å². The van der Waals surface area contributed by atoms with E-state index in [1.807, 2.05) is 54.6 Å². The molecular weight excluding hydrogens is 304 g/mol. The molecule has 0 bridgehead atoms. The Morgan fingerprint density at radius 3 is 2.42 bits per heavy atom. The molecule has 0 aliphatic rings. The highest BCUT2D eigenvalue weighted by Crippen LogP contribution is 2.09. The highest BCUT2D eigenvalue weighted by Gasteiger charge is 1.98. The van der Waals surface area contributed by atoms with Crippen molar-refractivity contribution < 1.29 is 9.53 Å². The van der Waals surface area contributed by atoms with Crippen LogP contribution in [0.3, 0.4) is 0 Å². The molecule has 2 nitrogen and oxygen atoms in total. The Morgan fingerprint density at radius 1 is 1.05 bits per heavy atom. The van der Waals surface area contributed by atoms with E-state index in [9.17, 15) is 4.79 Å². The molecule has 0 unspecified atom stereocenters. The van der Waals surface area contributed by atoms with Gasteiger partial charge in [-0.15, -0.1) is 0 Å². The van der Waals surface area contributed by atoms with E-state index in [0.717, 1.165) is 15.6 Å². The van der Waals surface area contributed by atoms with Crippen LogP contribution < -0.4 is 0 Å². The Balaban J connectivity index is 1.90. The lowest BCUT2D eigenvalue weighted by Gasteiger charge is -1.99. The number of benzene rings is 2. The summed E-state index contributed by atoms with van der Waals surface area (Å²) in [6, 6.07) is 16.9. The van der Waals surface area contributed by atoms with Gasteiger partial charge in [-0.25, -0.2) is 4.79 Å². The smallest absolute Gasteiger partial charge is 0.385 e. The first-order valence-electron chi connectivity index (χ1n) is 5.72. The molecule has 2 aromatic rings. The fourth-order valence-corrected chi connectivity index (χ4v) is 1.68. The van der Waals surface area contributed by atoms with Crippen LogP contribution in [0.1, 0.15) is 11.1 Å². The van der Waals surface area contributed by atoms with Gasteiger partial charge < -0.3 is 4.74 Å². The Labute approximate surface area is 120 Å². The lowest BCUT2D eigenvalue weighted by Crippen LogP contribution is -2.01. The van der Waals surface area contributed by atoms with Crippen LogP contribution in [0.25, 0.3) is 0 Å². The first-order chi connectivity index (χ1) is 9.24. The van der Waals surface area contributed by atoms with E-state index in [0.29, 0.717) is 0 Å². The first kappa shape index (κ1) is 13.4. The van der Waals surface area contributed by atoms with Crippen LogP contribution >= 0.6 is 15.9 Å². The number of esters is 1. The van der Waals surface area contributed by atoms with Crippen molar-refractivity contribution in [3.8, 4) is 11.8 Å². The SMILES string of the molecule is O=C(C#Cc1ccc(Br)cc1)OCc1ccccc1. The molecule has 0 N–H and O–H groups in total. The number of carbonyl (C=O) groups is 1. The number of hydrogen-bond acceptors (Lipinski definition) is 2. The summed E-state index contributed by atoms with van der Waals surface area (Å²) in [5, 5.41) is 0. The molecule has 0 radical (unpaired) electrons. The number of hydrogen-bond donors (Lipinski definition) is 0. The van der Waals surface area contributed by atoms with Crippen molar-refractivity contribution in [2.24, 2.45) is 0 Å². The van der Waals surface area contributed by atoms with Gasteiger partial charge in [0.1, 0.15) is 6.61 Å². The molecule has 2 aromatic carbocycles. The third-order valence-electron chi connectivity index (χ3n) is 2.37. The number of halogens is 1. The van der Waals surface area contributed by atoms with Gasteiger partial charge >= 0.3 is 5.97 Å². The standard InChI is InChI=1S/C16H11BrO2/c17-15-9-6-13(7-10-15)8-11-16(18)19-12-14-4-2-1-3-5-14/h1-7,9-10H,12H2. The van der Waals surface area contributed by atoms with Gasteiger partial charge in [0.25, 0.3) is 0 Å². The summed E-state index contributed by atoms with van der Waals surface area (Å²) in [4.78, 5) is 11.5. The second-order valence-corrected chi connectivity index (χ2v) is 4.73. The van der Waals surface area contributed by atoms with Crippen LogP contribution in [0.2, 0.25) is 0 Å². The van der Waals surface area contributed by atoms with Gasteiger partial charge in [-0.3, -0.25) is 0 Å². The summed E-state index contributed by atoms with van der Waals surface area (Å²) in [6.45, 7) is 0.245. The van der Waals surface area contributed by atoms with Crippen LogP contribution in [0.4, 0.5) is 0 Å². The lowest BCUT2D eigenvalue weighted by molar-refractivity contribution is -0.137. The van der Waals surface area contributed by atoms with Gasteiger partial charge in [-0.1, -0.05) is 52.2 Å². The van der Waals surface area contributed by atoms with Crippen LogP contribution in [0.15, 0.2) is 59.1 Å². The maximum atomic E-state index is 11.5. The molecule has 19 heavy (non-hydrogen) atoms. The minimum absolute atomic E-state index is 0.245. The van der Waals surface area contributed by atoms with Crippen molar-refractivity contribution in [3.63, 3.8) is 0 Å². The zero-order valence-corrected chi connectivity index (χ0v) is 11.7. The second-order valence-electron chi connectivity index (χ2n) is 3.82. The molecule has 0 saturated carbocycles. The van der Waals surface area contributed by atoms with Crippen LogP contribution in [-0.2, 0) is 16.1 Å². The quantitative estimate of drug-likeness (QED) is 0.626. The van der Waals surface area contributed by atoms with Gasteiger partial charge in [0.05, 0.1) is 0 Å². The van der Waals surface area contributed by atoms with Crippen LogP contribution in [0.5, 0.6) is 0 Å². The summed E-state index contributed by atoms with van der Waals surface area (Å²) < 4.78 is 6.03. The van der Waals surface area contributed by atoms with Crippen molar-refractivity contribution in [1.82, 2.24) is 0 Å². The highest BCUT2D eigenvalue weighted by atomic mass is 79.9. The molecule has 0 aliphatic carbocycles. The summed E-state index contributed by atoms with van der Waals surface area (Å²) >= 11 is 3.34.